The minimum absolute atomic E-state index is 0.168. The third-order valence-electron chi connectivity index (χ3n) is 3.99. The first-order chi connectivity index (χ1) is 12.3. The summed E-state index contributed by atoms with van der Waals surface area (Å²) in [5.74, 6) is -0.318. The second-order valence-electron chi connectivity index (χ2n) is 5.81. The van der Waals surface area contributed by atoms with Crippen molar-refractivity contribution < 1.29 is 18.0 Å². The summed E-state index contributed by atoms with van der Waals surface area (Å²) in [6.07, 6.45) is -3.07. The minimum Gasteiger partial charge on any atom is -0.345 e. The van der Waals surface area contributed by atoms with Crippen molar-refractivity contribution in [3.63, 3.8) is 0 Å². The average molecular weight is 379 g/mol. The molecule has 3 rings (SSSR count). The largest absolute Gasteiger partial charge is 0.416 e. The number of carbonyl (C=O) groups is 1. The molecule has 0 saturated heterocycles. The Balaban J connectivity index is 1.85. The van der Waals surface area contributed by atoms with E-state index in [1.165, 1.54) is 34.3 Å². The molecule has 1 N–H and O–H groups in total. The van der Waals surface area contributed by atoms with E-state index >= 15 is 0 Å². The molecule has 4 nitrogen and oxygen atoms in total. The summed E-state index contributed by atoms with van der Waals surface area (Å²) in [6, 6.07) is 8.50. The van der Waals surface area contributed by atoms with E-state index in [1.807, 2.05) is 24.4 Å². The van der Waals surface area contributed by atoms with E-state index in [0.29, 0.717) is 11.3 Å². The number of thiophene rings is 1. The smallest absolute Gasteiger partial charge is 0.345 e. The molecule has 0 unspecified atom stereocenters. The van der Waals surface area contributed by atoms with Crippen LogP contribution in [0.25, 0.3) is 5.69 Å². The number of nitrogens with zero attached hydrogens (tertiary/aromatic N) is 2. The molecular formula is C18H16F3N3OS. The van der Waals surface area contributed by atoms with Gasteiger partial charge in [0.15, 0.2) is 0 Å². The minimum atomic E-state index is -4.44. The molecule has 8 heteroatoms. The van der Waals surface area contributed by atoms with Crippen molar-refractivity contribution in [3.05, 3.63) is 69.7 Å². The van der Waals surface area contributed by atoms with Gasteiger partial charge in [0.1, 0.15) is 0 Å². The van der Waals surface area contributed by atoms with Gasteiger partial charge in [-0.25, -0.2) is 4.68 Å². The highest BCUT2D eigenvalue weighted by atomic mass is 32.1. The molecule has 0 aliphatic rings. The van der Waals surface area contributed by atoms with Crippen molar-refractivity contribution in [1.29, 1.82) is 0 Å². The summed E-state index contributed by atoms with van der Waals surface area (Å²) in [4.78, 5) is 13.5. The summed E-state index contributed by atoms with van der Waals surface area (Å²) >= 11 is 1.54. The van der Waals surface area contributed by atoms with E-state index < -0.39 is 11.7 Å². The topological polar surface area (TPSA) is 46.9 Å². The summed E-state index contributed by atoms with van der Waals surface area (Å²) in [5.41, 5.74) is 0.288. The zero-order valence-corrected chi connectivity index (χ0v) is 14.9. The average Bonchev–Trinajstić information content (AvgIpc) is 3.23. The van der Waals surface area contributed by atoms with Crippen LogP contribution < -0.4 is 5.32 Å². The predicted octanol–water partition coefficient (Wildman–Crippen LogP) is 4.75. The standard InChI is InChI=1S/C18H16F3N3OS/c1-11(16-7-4-8-26-16)23-17(25)15-10-22-24(12(15)2)14-6-3-5-13(9-14)18(19,20)21/h3-11H,1-2H3,(H,23,25)/t11-/m0/s1. The quantitative estimate of drug-likeness (QED) is 0.711. The lowest BCUT2D eigenvalue weighted by Gasteiger charge is -2.12. The molecule has 0 saturated carbocycles. The van der Waals surface area contributed by atoms with Gasteiger partial charge >= 0.3 is 6.18 Å². The Morgan fingerprint density at radius 3 is 2.69 bits per heavy atom. The summed E-state index contributed by atoms with van der Waals surface area (Å²) in [5, 5.41) is 8.89. The number of alkyl halides is 3. The summed E-state index contributed by atoms with van der Waals surface area (Å²) in [7, 11) is 0. The molecule has 0 bridgehead atoms. The van der Waals surface area contributed by atoms with Gasteiger partial charge in [-0.05, 0) is 43.5 Å². The zero-order chi connectivity index (χ0) is 18.9. The number of benzene rings is 1. The molecule has 0 aliphatic carbocycles. The van der Waals surface area contributed by atoms with Crippen LogP contribution in [0.15, 0.2) is 48.0 Å². The number of amides is 1. The van der Waals surface area contributed by atoms with Crippen molar-refractivity contribution >= 4 is 17.2 Å². The SMILES string of the molecule is Cc1c(C(=O)N[C@@H](C)c2cccs2)cnn1-c1cccc(C(F)(F)F)c1. The lowest BCUT2D eigenvalue weighted by Crippen LogP contribution is -2.26. The summed E-state index contributed by atoms with van der Waals surface area (Å²) in [6.45, 7) is 3.52. The van der Waals surface area contributed by atoms with Crippen LogP contribution in [-0.2, 0) is 6.18 Å². The maximum Gasteiger partial charge on any atom is 0.416 e. The Kier molecular flexibility index (Phi) is 4.86. The van der Waals surface area contributed by atoms with E-state index in [9.17, 15) is 18.0 Å². The number of nitrogens with one attached hydrogen (secondary N) is 1. The van der Waals surface area contributed by atoms with Crippen molar-refractivity contribution in [2.24, 2.45) is 0 Å². The van der Waals surface area contributed by atoms with Crippen LogP contribution in [0.4, 0.5) is 13.2 Å². The van der Waals surface area contributed by atoms with Gasteiger partial charge < -0.3 is 5.32 Å². The highest BCUT2D eigenvalue weighted by molar-refractivity contribution is 7.10. The zero-order valence-electron chi connectivity index (χ0n) is 14.0. The van der Waals surface area contributed by atoms with Crippen LogP contribution in [-0.4, -0.2) is 15.7 Å². The third-order valence-corrected chi connectivity index (χ3v) is 5.05. The molecule has 0 fully saturated rings. The van der Waals surface area contributed by atoms with Crippen LogP contribution in [0, 0.1) is 6.92 Å². The van der Waals surface area contributed by atoms with E-state index in [-0.39, 0.29) is 17.6 Å². The lowest BCUT2D eigenvalue weighted by atomic mass is 10.2. The molecule has 0 aliphatic heterocycles. The Bertz CT molecular complexity index is 916. The van der Waals surface area contributed by atoms with Gasteiger partial charge in [-0.3, -0.25) is 4.79 Å². The third kappa shape index (κ3) is 3.65. The van der Waals surface area contributed by atoms with Crippen LogP contribution in [0.5, 0.6) is 0 Å². The first kappa shape index (κ1) is 18.2. The second kappa shape index (κ2) is 6.95. The number of aromatic nitrogens is 2. The van der Waals surface area contributed by atoms with Gasteiger partial charge in [-0.1, -0.05) is 12.1 Å². The van der Waals surface area contributed by atoms with Crippen LogP contribution >= 0.6 is 11.3 Å². The number of carbonyl (C=O) groups excluding carboxylic acids is 1. The van der Waals surface area contributed by atoms with Gasteiger partial charge in [-0.15, -0.1) is 11.3 Å². The maximum atomic E-state index is 12.9. The molecule has 136 valence electrons. The Labute approximate surface area is 152 Å². The predicted molar refractivity (Wildman–Crippen MR) is 93.5 cm³/mol. The number of halogens is 3. The van der Waals surface area contributed by atoms with E-state index in [1.54, 1.807) is 6.92 Å². The molecule has 2 heterocycles. The van der Waals surface area contributed by atoms with Gasteiger partial charge in [-0.2, -0.15) is 18.3 Å². The fraction of sp³-hybridized carbons (Fsp3) is 0.222. The van der Waals surface area contributed by atoms with E-state index in [0.717, 1.165) is 17.0 Å². The van der Waals surface area contributed by atoms with Crippen molar-refractivity contribution in [3.8, 4) is 5.69 Å². The van der Waals surface area contributed by atoms with Crippen molar-refractivity contribution in [1.82, 2.24) is 15.1 Å². The number of rotatable bonds is 4. The molecule has 0 spiro atoms. The van der Waals surface area contributed by atoms with E-state index in [4.69, 9.17) is 0 Å². The highest BCUT2D eigenvalue weighted by Crippen LogP contribution is 2.30. The summed E-state index contributed by atoms with van der Waals surface area (Å²) < 4.78 is 40.0. The van der Waals surface area contributed by atoms with Crippen molar-refractivity contribution in [2.45, 2.75) is 26.1 Å². The van der Waals surface area contributed by atoms with Crippen LogP contribution in [0.2, 0.25) is 0 Å². The van der Waals surface area contributed by atoms with Gasteiger partial charge in [0, 0.05) is 4.88 Å². The lowest BCUT2D eigenvalue weighted by molar-refractivity contribution is -0.137. The Morgan fingerprint density at radius 1 is 1.27 bits per heavy atom. The highest BCUT2D eigenvalue weighted by Gasteiger charge is 2.30. The Morgan fingerprint density at radius 2 is 2.04 bits per heavy atom. The van der Waals surface area contributed by atoms with Crippen LogP contribution in [0.3, 0.4) is 0 Å². The fourth-order valence-electron chi connectivity index (χ4n) is 2.59. The van der Waals surface area contributed by atoms with Crippen LogP contribution in [0.1, 0.15) is 39.5 Å². The molecule has 26 heavy (non-hydrogen) atoms. The molecular weight excluding hydrogens is 363 g/mol. The molecule has 2 aromatic heterocycles. The normalized spacial score (nSPS) is 12.8. The molecule has 1 atom stereocenters. The van der Waals surface area contributed by atoms with Crippen molar-refractivity contribution in [2.75, 3.05) is 0 Å². The molecule has 3 aromatic rings. The molecule has 1 aromatic carbocycles. The van der Waals surface area contributed by atoms with Gasteiger partial charge in [0.05, 0.1) is 34.7 Å². The Hall–Kier alpha value is -2.61. The molecule has 1 amide bonds. The monoisotopic (exact) mass is 379 g/mol. The first-order valence-electron chi connectivity index (χ1n) is 7.84. The number of hydrogen-bond acceptors (Lipinski definition) is 3. The van der Waals surface area contributed by atoms with Gasteiger partial charge in [0.2, 0.25) is 0 Å². The van der Waals surface area contributed by atoms with E-state index in [2.05, 4.69) is 10.4 Å². The fourth-order valence-corrected chi connectivity index (χ4v) is 3.32. The first-order valence-corrected chi connectivity index (χ1v) is 8.72. The second-order valence-corrected chi connectivity index (χ2v) is 6.79. The molecule has 0 radical (unpaired) electrons. The maximum absolute atomic E-state index is 12.9. The van der Waals surface area contributed by atoms with Gasteiger partial charge in [0.25, 0.3) is 5.91 Å². The number of hydrogen-bond donors (Lipinski definition) is 1.